The van der Waals surface area contributed by atoms with Gasteiger partial charge < -0.3 is 22.1 Å². The molecule has 0 radical (unpaired) electrons. The van der Waals surface area contributed by atoms with Crippen molar-refractivity contribution in [1.82, 2.24) is 15.5 Å². The third kappa shape index (κ3) is 6.73. The Hall–Kier alpha value is -1.81. The number of nitrogens with two attached hydrogens (primary N) is 2. The summed E-state index contributed by atoms with van der Waals surface area (Å²) in [5.41, 5.74) is 11.4. The first kappa shape index (κ1) is 27.2. The van der Waals surface area contributed by atoms with Crippen LogP contribution in [0.15, 0.2) is 0 Å². The molecule has 4 unspecified atom stereocenters. The number of halogens is 2. The van der Waals surface area contributed by atoms with Crippen LogP contribution in [0.25, 0.3) is 0 Å². The van der Waals surface area contributed by atoms with Crippen molar-refractivity contribution < 1.29 is 18.4 Å². The minimum atomic E-state index is -2.61. The molecule has 204 valence electrons. The van der Waals surface area contributed by atoms with Gasteiger partial charge in [-0.25, -0.2) is 8.78 Å². The maximum atomic E-state index is 13.6. The molecule has 4 aliphatic rings. The van der Waals surface area contributed by atoms with E-state index in [1.807, 2.05) is 0 Å². The SMILES string of the molecule is N=C(N)C1CCC2CC(C(=O)NC3CCC(F)(F)CC3)N(CC3CCC(NC(=O)CCN)CC3)C2C1. The number of hydrogen-bond acceptors (Lipinski definition) is 5. The monoisotopic (exact) mass is 510 g/mol. The largest absolute Gasteiger partial charge is 0.387 e. The molecule has 8 nitrogen and oxygen atoms in total. The van der Waals surface area contributed by atoms with E-state index in [-0.39, 0.29) is 60.6 Å². The van der Waals surface area contributed by atoms with Crippen molar-refractivity contribution in [1.29, 1.82) is 5.41 Å². The standard InChI is InChI=1S/C26H44F2N6O2/c27-26(28)10-7-20(8-11-26)33-25(36)22-13-17-3-4-18(24(30)31)14-21(17)34(22)15-16-1-5-19(6-2-16)32-23(35)9-12-29/h16-22H,1-15,29H2,(H3,30,31)(H,32,35)(H,33,36). The van der Waals surface area contributed by atoms with Gasteiger partial charge in [0.2, 0.25) is 17.7 Å². The van der Waals surface area contributed by atoms with Gasteiger partial charge in [-0.3, -0.25) is 19.9 Å². The Bertz CT molecular complexity index is 793. The van der Waals surface area contributed by atoms with Gasteiger partial charge in [-0.05, 0) is 76.0 Å². The fourth-order valence-corrected chi connectivity index (χ4v) is 7.05. The van der Waals surface area contributed by atoms with Gasteiger partial charge in [0, 0.05) is 56.4 Å². The quantitative estimate of drug-likeness (QED) is 0.252. The summed E-state index contributed by atoms with van der Waals surface area (Å²) in [6.45, 7) is 1.17. The zero-order chi connectivity index (χ0) is 25.9. The average Bonchev–Trinajstić information content (AvgIpc) is 3.19. The lowest BCUT2D eigenvalue weighted by atomic mass is 9.77. The number of likely N-dealkylation sites (tertiary alicyclic amines) is 1. The highest BCUT2D eigenvalue weighted by atomic mass is 19.3. The first-order valence-electron chi connectivity index (χ1n) is 13.9. The molecular formula is C26H44F2N6O2. The molecule has 2 amide bonds. The number of carbonyl (C=O) groups is 2. The number of carbonyl (C=O) groups excluding carboxylic acids is 2. The highest BCUT2D eigenvalue weighted by Crippen LogP contribution is 2.43. The van der Waals surface area contributed by atoms with Gasteiger partial charge in [-0.15, -0.1) is 0 Å². The number of rotatable bonds is 8. The normalized spacial score (nSPS) is 35.1. The van der Waals surface area contributed by atoms with Crippen LogP contribution >= 0.6 is 0 Å². The number of fused-ring (bicyclic) bond motifs is 1. The Morgan fingerprint density at radius 2 is 1.61 bits per heavy atom. The molecule has 0 bridgehead atoms. The Morgan fingerprint density at radius 3 is 2.25 bits per heavy atom. The second kappa shape index (κ2) is 11.7. The Morgan fingerprint density at radius 1 is 0.944 bits per heavy atom. The third-order valence-corrected chi connectivity index (χ3v) is 9.17. The van der Waals surface area contributed by atoms with Gasteiger partial charge in [0.15, 0.2) is 0 Å². The van der Waals surface area contributed by atoms with E-state index in [4.69, 9.17) is 16.9 Å². The van der Waals surface area contributed by atoms with Crippen molar-refractivity contribution in [3.8, 4) is 0 Å². The topological polar surface area (TPSA) is 137 Å². The lowest BCUT2D eigenvalue weighted by Gasteiger charge is -2.40. The molecule has 1 aliphatic heterocycles. The van der Waals surface area contributed by atoms with Gasteiger partial charge in [-0.1, -0.05) is 0 Å². The van der Waals surface area contributed by atoms with Crippen molar-refractivity contribution in [3.05, 3.63) is 0 Å². The minimum absolute atomic E-state index is 0.0121. The molecule has 36 heavy (non-hydrogen) atoms. The van der Waals surface area contributed by atoms with Gasteiger partial charge >= 0.3 is 0 Å². The van der Waals surface area contributed by atoms with Gasteiger partial charge in [0.05, 0.1) is 11.9 Å². The van der Waals surface area contributed by atoms with Crippen molar-refractivity contribution in [2.24, 2.45) is 29.2 Å². The zero-order valence-electron chi connectivity index (χ0n) is 21.3. The highest BCUT2D eigenvalue weighted by molar-refractivity contribution is 5.83. The third-order valence-electron chi connectivity index (χ3n) is 9.17. The fourth-order valence-electron chi connectivity index (χ4n) is 7.05. The van der Waals surface area contributed by atoms with E-state index in [9.17, 15) is 18.4 Å². The van der Waals surface area contributed by atoms with E-state index >= 15 is 0 Å². The maximum Gasteiger partial charge on any atom is 0.248 e. The molecule has 3 saturated carbocycles. The molecule has 0 aromatic carbocycles. The number of alkyl halides is 2. The summed E-state index contributed by atoms with van der Waals surface area (Å²) >= 11 is 0. The van der Waals surface area contributed by atoms with E-state index in [2.05, 4.69) is 15.5 Å². The predicted octanol–water partition coefficient (Wildman–Crippen LogP) is 2.50. The van der Waals surface area contributed by atoms with Crippen LogP contribution in [-0.2, 0) is 9.59 Å². The van der Waals surface area contributed by atoms with Crippen LogP contribution in [0, 0.1) is 23.2 Å². The van der Waals surface area contributed by atoms with Crippen molar-refractivity contribution in [3.63, 3.8) is 0 Å². The summed E-state index contributed by atoms with van der Waals surface area (Å²) in [6.07, 6.45) is 7.95. The molecule has 3 aliphatic carbocycles. The van der Waals surface area contributed by atoms with E-state index in [0.717, 1.165) is 57.9 Å². The smallest absolute Gasteiger partial charge is 0.248 e. The van der Waals surface area contributed by atoms with Gasteiger partial charge in [-0.2, -0.15) is 0 Å². The molecule has 1 heterocycles. The summed E-state index contributed by atoms with van der Waals surface area (Å²) in [4.78, 5) is 27.7. The van der Waals surface area contributed by atoms with E-state index in [1.54, 1.807) is 0 Å². The number of nitrogens with zero attached hydrogens (tertiary/aromatic N) is 1. The number of amidine groups is 1. The number of hydrogen-bond donors (Lipinski definition) is 5. The lowest BCUT2D eigenvalue weighted by Crippen LogP contribution is -2.52. The molecule has 0 spiro atoms. The minimum Gasteiger partial charge on any atom is -0.387 e. The zero-order valence-corrected chi connectivity index (χ0v) is 21.3. The summed E-state index contributed by atoms with van der Waals surface area (Å²) in [6, 6.07) is -0.0257. The molecule has 0 aromatic rings. The maximum absolute atomic E-state index is 13.6. The molecule has 4 atom stereocenters. The average molecular weight is 511 g/mol. The van der Waals surface area contributed by atoms with Crippen LogP contribution in [0.4, 0.5) is 8.78 Å². The van der Waals surface area contributed by atoms with Crippen LogP contribution in [0.2, 0.25) is 0 Å². The Kier molecular flexibility index (Phi) is 8.86. The molecule has 4 rings (SSSR count). The van der Waals surface area contributed by atoms with Crippen molar-refractivity contribution >= 4 is 17.6 Å². The Labute approximate surface area is 213 Å². The van der Waals surface area contributed by atoms with Gasteiger partial charge in [0.25, 0.3) is 0 Å². The molecule has 4 fully saturated rings. The molecule has 1 saturated heterocycles. The summed E-state index contributed by atoms with van der Waals surface area (Å²) in [7, 11) is 0. The molecule has 7 N–H and O–H groups in total. The number of nitrogens with one attached hydrogen (secondary N) is 3. The van der Waals surface area contributed by atoms with Crippen LogP contribution in [-0.4, -0.2) is 65.7 Å². The van der Waals surface area contributed by atoms with Gasteiger partial charge in [0.1, 0.15) is 0 Å². The summed E-state index contributed by atoms with van der Waals surface area (Å²) in [5.74, 6) is -1.49. The summed E-state index contributed by atoms with van der Waals surface area (Å²) in [5, 5.41) is 14.2. The van der Waals surface area contributed by atoms with Crippen LogP contribution in [0.1, 0.15) is 83.5 Å². The molecule has 10 heteroatoms. The van der Waals surface area contributed by atoms with Crippen LogP contribution in [0.3, 0.4) is 0 Å². The molecule has 0 aromatic heterocycles. The Balaban J connectivity index is 1.38. The van der Waals surface area contributed by atoms with Crippen molar-refractivity contribution in [2.75, 3.05) is 13.1 Å². The fraction of sp³-hybridized carbons (Fsp3) is 0.885. The second-order valence-electron chi connectivity index (χ2n) is 11.7. The van der Waals surface area contributed by atoms with Crippen LogP contribution in [0.5, 0.6) is 0 Å². The van der Waals surface area contributed by atoms with Crippen molar-refractivity contribution in [2.45, 2.75) is 114 Å². The first-order chi connectivity index (χ1) is 17.1. The highest BCUT2D eigenvalue weighted by Gasteiger charge is 2.48. The van der Waals surface area contributed by atoms with E-state index < -0.39 is 5.92 Å². The second-order valence-corrected chi connectivity index (χ2v) is 11.7. The van der Waals surface area contributed by atoms with E-state index in [0.29, 0.717) is 37.6 Å². The lowest BCUT2D eigenvalue weighted by molar-refractivity contribution is -0.128. The van der Waals surface area contributed by atoms with E-state index in [1.165, 1.54) is 0 Å². The molecular weight excluding hydrogens is 466 g/mol. The predicted molar refractivity (Wildman–Crippen MR) is 135 cm³/mol. The first-order valence-corrected chi connectivity index (χ1v) is 13.9. The summed E-state index contributed by atoms with van der Waals surface area (Å²) < 4.78 is 27.2. The van der Waals surface area contributed by atoms with Crippen LogP contribution < -0.4 is 22.1 Å². The number of amides is 2.